The quantitative estimate of drug-likeness (QED) is 0.657. The molecule has 0 radical (unpaired) electrons. The summed E-state index contributed by atoms with van der Waals surface area (Å²) in [4.78, 5) is 11.9. The Morgan fingerprint density at radius 1 is 1.50 bits per heavy atom. The third-order valence-corrected chi connectivity index (χ3v) is 4.01. The zero-order valence-electron chi connectivity index (χ0n) is 9.96. The number of carbonyl (C=O) groups is 1. The summed E-state index contributed by atoms with van der Waals surface area (Å²) in [5.41, 5.74) is 4.81. The summed E-state index contributed by atoms with van der Waals surface area (Å²) < 4.78 is 0. The fourth-order valence-electron chi connectivity index (χ4n) is 2.68. The fraction of sp³-hybridized carbons (Fsp3) is 0.917. The average molecular weight is 226 g/mol. The Labute approximate surface area is 96.6 Å². The molecule has 2 fully saturated rings. The number of hydrogen-bond acceptors (Lipinski definition) is 3. The standard InChI is InChI=1S/C12H22N2O2/c1-9-3-2-4-11(7-9,8-15)14-10(16)12(13)5-6-12/h9,15H,2-8,13H2,1H3,(H,14,16). The van der Waals surface area contributed by atoms with Gasteiger partial charge in [-0.3, -0.25) is 4.79 Å². The monoisotopic (exact) mass is 226 g/mol. The predicted molar refractivity (Wildman–Crippen MR) is 61.7 cm³/mol. The minimum absolute atomic E-state index is 0.0269. The lowest BCUT2D eigenvalue weighted by atomic mass is 9.76. The van der Waals surface area contributed by atoms with Crippen LogP contribution in [0.4, 0.5) is 0 Å². The molecular formula is C12H22N2O2. The van der Waals surface area contributed by atoms with Crippen LogP contribution in [0, 0.1) is 5.92 Å². The minimum Gasteiger partial charge on any atom is -0.394 e. The van der Waals surface area contributed by atoms with Crippen molar-refractivity contribution in [1.29, 1.82) is 0 Å². The van der Waals surface area contributed by atoms with Gasteiger partial charge in [0, 0.05) is 0 Å². The van der Waals surface area contributed by atoms with Crippen molar-refractivity contribution in [3.8, 4) is 0 Å². The van der Waals surface area contributed by atoms with Crippen LogP contribution in [0.3, 0.4) is 0 Å². The molecule has 0 saturated heterocycles. The number of nitrogens with two attached hydrogens (primary N) is 1. The Balaban J connectivity index is 2.01. The van der Waals surface area contributed by atoms with Crippen molar-refractivity contribution in [2.45, 2.75) is 56.5 Å². The molecule has 2 unspecified atom stereocenters. The van der Waals surface area contributed by atoms with Gasteiger partial charge in [0.05, 0.1) is 17.7 Å². The molecule has 2 rings (SSSR count). The molecule has 0 spiro atoms. The van der Waals surface area contributed by atoms with Gasteiger partial charge in [-0.05, 0) is 31.6 Å². The van der Waals surface area contributed by atoms with Crippen molar-refractivity contribution < 1.29 is 9.90 Å². The van der Waals surface area contributed by atoms with Crippen LogP contribution < -0.4 is 11.1 Å². The number of amides is 1. The Bertz CT molecular complexity index is 289. The molecule has 4 nitrogen and oxygen atoms in total. The lowest BCUT2D eigenvalue weighted by Gasteiger charge is -2.40. The number of hydrogen-bond donors (Lipinski definition) is 3. The maximum atomic E-state index is 11.9. The van der Waals surface area contributed by atoms with E-state index in [1.165, 1.54) is 6.42 Å². The maximum Gasteiger partial charge on any atom is 0.240 e. The predicted octanol–water partition coefficient (Wildman–Crippen LogP) is 0.535. The van der Waals surface area contributed by atoms with E-state index >= 15 is 0 Å². The van der Waals surface area contributed by atoms with Crippen LogP contribution in [-0.4, -0.2) is 28.7 Å². The molecule has 1 amide bonds. The zero-order chi connectivity index (χ0) is 11.8. The second-order valence-corrected chi connectivity index (χ2v) is 5.75. The fourth-order valence-corrected chi connectivity index (χ4v) is 2.68. The molecule has 0 heterocycles. The molecule has 16 heavy (non-hydrogen) atoms. The van der Waals surface area contributed by atoms with Crippen molar-refractivity contribution in [3.63, 3.8) is 0 Å². The highest BCUT2D eigenvalue weighted by Gasteiger charge is 2.48. The number of carbonyl (C=O) groups excluding carboxylic acids is 1. The van der Waals surface area contributed by atoms with Crippen LogP contribution in [0.25, 0.3) is 0 Å². The van der Waals surface area contributed by atoms with E-state index in [0.29, 0.717) is 5.92 Å². The molecule has 0 aromatic rings. The van der Waals surface area contributed by atoms with Gasteiger partial charge in [-0.15, -0.1) is 0 Å². The van der Waals surface area contributed by atoms with E-state index in [4.69, 9.17) is 5.73 Å². The summed E-state index contributed by atoms with van der Waals surface area (Å²) in [6.45, 7) is 2.20. The molecule has 4 N–H and O–H groups in total. The maximum absolute atomic E-state index is 11.9. The Hall–Kier alpha value is -0.610. The number of nitrogens with one attached hydrogen (secondary N) is 1. The Morgan fingerprint density at radius 3 is 2.69 bits per heavy atom. The van der Waals surface area contributed by atoms with E-state index in [9.17, 15) is 9.90 Å². The van der Waals surface area contributed by atoms with Gasteiger partial charge in [-0.25, -0.2) is 0 Å². The van der Waals surface area contributed by atoms with Gasteiger partial charge >= 0.3 is 0 Å². The second-order valence-electron chi connectivity index (χ2n) is 5.75. The van der Waals surface area contributed by atoms with Gasteiger partial charge in [-0.2, -0.15) is 0 Å². The topological polar surface area (TPSA) is 75.3 Å². The molecule has 0 aromatic carbocycles. The normalized spacial score (nSPS) is 36.8. The summed E-state index contributed by atoms with van der Waals surface area (Å²) in [6, 6.07) is 0. The molecular weight excluding hydrogens is 204 g/mol. The van der Waals surface area contributed by atoms with Gasteiger partial charge in [0.15, 0.2) is 0 Å². The highest BCUT2D eigenvalue weighted by Crippen LogP contribution is 2.36. The average Bonchev–Trinajstić information content (AvgIpc) is 2.98. The van der Waals surface area contributed by atoms with E-state index in [2.05, 4.69) is 12.2 Å². The molecule has 0 aliphatic heterocycles. The van der Waals surface area contributed by atoms with Gasteiger partial charge in [0.25, 0.3) is 0 Å². The van der Waals surface area contributed by atoms with Crippen LogP contribution in [0.5, 0.6) is 0 Å². The van der Waals surface area contributed by atoms with Crippen LogP contribution >= 0.6 is 0 Å². The molecule has 92 valence electrons. The van der Waals surface area contributed by atoms with E-state index in [0.717, 1.165) is 32.1 Å². The van der Waals surface area contributed by atoms with Crippen molar-refractivity contribution in [2.75, 3.05) is 6.61 Å². The first-order chi connectivity index (χ1) is 7.50. The number of aliphatic hydroxyl groups is 1. The Morgan fingerprint density at radius 2 is 2.19 bits per heavy atom. The highest BCUT2D eigenvalue weighted by molar-refractivity contribution is 5.89. The first kappa shape index (κ1) is 11.9. The number of rotatable bonds is 3. The lowest BCUT2D eigenvalue weighted by molar-refractivity contribution is -0.126. The van der Waals surface area contributed by atoms with Gasteiger partial charge < -0.3 is 16.2 Å². The van der Waals surface area contributed by atoms with Crippen molar-refractivity contribution in [2.24, 2.45) is 11.7 Å². The van der Waals surface area contributed by atoms with Crippen LogP contribution in [0.1, 0.15) is 45.4 Å². The van der Waals surface area contributed by atoms with Gasteiger partial charge in [0.2, 0.25) is 5.91 Å². The van der Waals surface area contributed by atoms with Crippen molar-refractivity contribution in [1.82, 2.24) is 5.32 Å². The first-order valence-corrected chi connectivity index (χ1v) is 6.22. The van der Waals surface area contributed by atoms with Crippen molar-refractivity contribution in [3.05, 3.63) is 0 Å². The van der Waals surface area contributed by atoms with Crippen molar-refractivity contribution >= 4 is 5.91 Å². The third-order valence-electron chi connectivity index (χ3n) is 4.01. The molecule has 4 heteroatoms. The van der Waals surface area contributed by atoms with Gasteiger partial charge in [-0.1, -0.05) is 19.8 Å². The van der Waals surface area contributed by atoms with E-state index in [1.54, 1.807) is 0 Å². The largest absolute Gasteiger partial charge is 0.394 e. The lowest BCUT2D eigenvalue weighted by Crippen LogP contribution is -2.58. The second kappa shape index (κ2) is 4.00. The molecule has 2 aliphatic rings. The molecule has 0 aromatic heterocycles. The molecule has 0 bridgehead atoms. The summed E-state index contributed by atoms with van der Waals surface area (Å²) >= 11 is 0. The zero-order valence-corrected chi connectivity index (χ0v) is 9.96. The first-order valence-electron chi connectivity index (χ1n) is 6.22. The summed E-state index contributed by atoms with van der Waals surface area (Å²) in [5.74, 6) is 0.491. The molecule has 2 aliphatic carbocycles. The SMILES string of the molecule is CC1CCCC(CO)(NC(=O)C2(N)CC2)C1. The molecule has 2 saturated carbocycles. The van der Waals surface area contributed by atoms with Crippen LogP contribution in [0.15, 0.2) is 0 Å². The van der Waals surface area contributed by atoms with Crippen LogP contribution in [-0.2, 0) is 4.79 Å². The highest BCUT2D eigenvalue weighted by atomic mass is 16.3. The summed E-state index contributed by atoms with van der Waals surface area (Å²) in [5, 5.41) is 12.5. The third kappa shape index (κ3) is 2.23. The van der Waals surface area contributed by atoms with Gasteiger partial charge in [0.1, 0.15) is 0 Å². The smallest absolute Gasteiger partial charge is 0.240 e. The Kier molecular flexibility index (Phi) is 2.97. The van der Waals surface area contributed by atoms with E-state index in [1.807, 2.05) is 0 Å². The number of aliphatic hydroxyl groups excluding tert-OH is 1. The summed E-state index contributed by atoms with van der Waals surface area (Å²) in [6.07, 6.45) is 5.54. The van der Waals surface area contributed by atoms with Crippen LogP contribution in [0.2, 0.25) is 0 Å². The molecule has 2 atom stereocenters. The minimum atomic E-state index is -0.636. The van der Waals surface area contributed by atoms with E-state index < -0.39 is 11.1 Å². The summed E-state index contributed by atoms with van der Waals surface area (Å²) in [7, 11) is 0. The van der Waals surface area contributed by atoms with E-state index in [-0.39, 0.29) is 12.5 Å².